The minimum Gasteiger partial charge on any atom is -0.403 e. The maximum Gasteiger partial charge on any atom is 0.0789 e. The molecule has 0 spiro atoms. The number of hydrogen-bond acceptors (Lipinski definition) is 3. The Labute approximate surface area is 72.3 Å². The molecule has 0 aromatic rings. The third kappa shape index (κ3) is 5.17. The molecule has 12 heavy (non-hydrogen) atoms. The maximum absolute atomic E-state index is 7.03. The first-order valence-corrected chi connectivity index (χ1v) is 3.47. The molecule has 1 aliphatic rings. The summed E-state index contributed by atoms with van der Waals surface area (Å²) >= 11 is 0. The van der Waals surface area contributed by atoms with Gasteiger partial charge in [0, 0.05) is 0 Å². The lowest BCUT2D eigenvalue weighted by atomic mass is 10.1. The Hall–Kier alpha value is -1.64. The third-order valence-corrected chi connectivity index (χ3v) is 0.927. The van der Waals surface area contributed by atoms with Crippen LogP contribution in [0.3, 0.4) is 0 Å². The Bertz CT molecular complexity index is 233. The summed E-state index contributed by atoms with van der Waals surface area (Å²) in [4.78, 5) is 0. The summed E-state index contributed by atoms with van der Waals surface area (Å²) in [5, 5.41) is 14.1. The summed E-state index contributed by atoms with van der Waals surface area (Å²) in [6.07, 6.45) is 6.70. The zero-order valence-corrected chi connectivity index (χ0v) is 7.09. The first kappa shape index (κ1) is 10.4. The average Bonchev–Trinajstić information content (AvgIpc) is 1.94. The van der Waals surface area contributed by atoms with Crippen molar-refractivity contribution in [2.75, 3.05) is 0 Å². The highest BCUT2D eigenvalue weighted by molar-refractivity contribution is 6.48. The Kier molecular flexibility index (Phi) is 4.38. The van der Waals surface area contributed by atoms with Gasteiger partial charge in [-0.15, -0.1) is 0 Å². The number of hydrogen-bond donors (Lipinski definition) is 3. The molecule has 0 bridgehead atoms. The highest BCUT2D eigenvalue weighted by atomic mass is 14.5. The molecule has 0 aromatic carbocycles. The highest BCUT2D eigenvalue weighted by Crippen LogP contribution is 1.91. The van der Waals surface area contributed by atoms with Gasteiger partial charge in [-0.25, -0.2) is 0 Å². The van der Waals surface area contributed by atoms with E-state index in [2.05, 4.69) is 6.58 Å². The minimum absolute atomic E-state index is 0.285. The van der Waals surface area contributed by atoms with Crippen LogP contribution in [0, 0.1) is 10.8 Å². The van der Waals surface area contributed by atoms with Crippen molar-refractivity contribution in [1.82, 2.24) is 0 Å². The Balaban J connectivity index is 0.000000261. The molecule has 0 aromatic heterocycles. The molecule has 0 saturated carbocycles. The molecule has 0 radical (unpaired) electrons. The van der Waals surface area contributed by atoms with Crippen molar-refractivity contribution < 1.29 is 0 Å². The number of rotatable bonds is 0. The van der Waals surface area contributed by atoms with E-state index >= 15 is 0 Å². The third-order valence-electron chi connectivity index (χ3n) is 0.927. The zero-order chi connectivity index (χ0) is 9.56. The van der Waals surface area contributed by atoms with E-state index in [-0.39, 0.29) is 11.4 Å². The van der Waals surface area contributed by atoms with Gasteiger partial charge >= 0.3 is 0 Å². The molecular weight excluding hydrogens is 150 g/mol. The van der Waals surface area contributed by atoms with Crippen molar-refractivity contribution >= 4 is 11.4 Å². The predicted octanol–water partition coefficient (Wildman–Crippen LogP) is 1.63. The first-order valence-electron chi connectivity index (χ1n) is 3.47. The molecule has 3 nitrogen and oxygen atoms in total. The number of allylic oxidation sites excluding steroid dienone is 5. The van der Waals surface area contributed by atoms with Crippen molar-refractivity contribution in [3.05, 3.63) is 36.6 Å². The second-order valence-corrected chi connectivity index (χ2v) is 2.39. The fourth-order valence-electron chi connectivity index (χ4n) is 0.483. The zero-order valence-electron chi connectivity index (χ0n) is 7.09. The van der Waals surface area contributed by atoms with Gasteiger partial charge in [0.15, 0.2) is 0 Å². The van der Waals surface area contributed by atoms with Crippen LogP contribution in [0.2, 0.25) is 0 Å². The van der Waals surface area contributed by atoms with Crippen LogP contribution in [0.15, 0.2) is 36.6 Å². The molecule has 1 aliphatic carbocycles. The van der Waals surface area contributed by atoms with Crippen LogP contribution < -0.4 is 5.73 Å². The van der Waals surface area contributed by atoms with E-state index in [1.807, 2.05) is 0 Å². The van der Waals surface area contributed by atoms with Crippen LogP contribution in [0.5, 0.6) is 0 Å². The Morgan fingerprint density at radius 2 is 1.50 bits per heavy atom. The summed E-state index contributed by atoms with van der Waals surface area (Å²) in [6, 6.07) is 0. The van der Waals surface area contributed by atoms with Gasteiger partial charge in [-0.1, -0.05) is 18.7 Å². The molecule has 0 unspecified atom stereocenters. The Morgan fingerprint density at radius 3 is 1.67 bits per heavy atom. The molecule has 64 valence electrons. The Morgan fingerprint density at radius 1 is 1.25 bits per heavy atom. The normalized spacial score (nSPS) is 13.8. The lowest BCUT2D eigenvalue weighted by Crippen LogP contribution is -2.06. The monoisotopic (exact) mass is 163 g/mol. The summed E-state index contributed by atoms with van der Waals surface area (Å²) < 4.78 is 0. The largest absolute Gasteiger partial charge is 0.403 e. The number of nitrogens with two attached hydrogens (primary N) is 1. The van der Waals surface area contributed by atoms with Gasteiger partial charge in [-0.3, -0.25) is 10.8 Å². The van der Waals surface area contributed by atoms with Gasteiger partial charge < -0.3 is 5.73 Å². The highest BCUT2D eigenvalue weighted by Gasteiger charge is 1.97. The lowest BCUT2D eigenvalue weighted by molar-refractivity contribution is 1.34. The van der Waals surface area contributed by atoms with Crippen LogP contribution >= 0.6 is 0 Å². The second kappa shape index (κ2) is 5.07. The molecule has 0 saturated heterocycles. The molecular formula is C9H13N3. The topological polar surface area (TPSA) is 73.7 Å². The quantitative estimate of drug-likeness (QED) is 0.466. The maximum atomic E-state index is 7.03. The summed E-state index contributed by atoms with van der Waals surface area (Å²) in [6.45, 7) is 5.08. The van der Waals surface area contributed by atoms with Gasteiger partial charge in [0.1, 0.15) is 0 Å². The van der Waals surface area contributed by atoms with E-state index in [4.69, 9.17) is 16.6 Å². The van der Waals surface area contributed by atoms with Gasteiger partial charge in [0.25, 0.3) is 0 Å². The predicted molar refractivity (Wildman–Crippen MR) is 52.7 cm³/mol. The van der Waals surface area contributed by atoms with Crippen LogP contribution in [0.4, 0.5) is 0 Å². The van der Waals surface area contributed by atoms with Crippen molar-refractivity contribution in [3.63, 3.8) is 0 Å². The molecule has 0 fully saturated rings. The van der Waals surface area contributed by atoms with Crippen molar-refractivity contribution in [3.8, 4) is 0 Å². The van der Waals surface area contributed by atoms with Crippen LogP contribution in [0.1, 0.15) is 6.92 Å². The van der Waals surface area contributed by atoms with Gasteiger partial charge in [-0.05, 0) is 24.8 Å². The van der Waals surface area contributed by atoms with E-state index in [0.29, 0.717) is 5.70 Å². The van der Waals surface area contributed by atoms with E-state index in [1.165, 1.54) is 0 Å². The molecule has 0 aliphatic heterocycles. The van der Waals surface area contributed by atoms with E-state index in [1.54, 1.807) is 31.2 Å². The lowest BCUT2D eigenvalue weighted by Gasteiger charge is -1.96. The average molecular weight is 163 g/mol. The summed E-state index contributed by atoms with van der Waals surface area (Å²) in [7, 11) is 0. The van der Waals surface area contributed by atoms with E-state index in [0.717, 1.165) is 0 Å². The van der Waals surface area contributed by atoms with E-state index < -0.39 is 0 Å². The number of nitrogens with one attached hydrogen (secondary N) is 2. The van der Waals surface area contributed by atoms with Gasteiger partial charge in [0.05, 0.1) is 11.4 Å². The van der Waals surface area contributed by atoms with E-state index in [9.17, 15) is 0 Å². The van der Waals surface area contributed by atoms with Crippen LogP contribution in [0.25, 0.3) is 0 Å². The fourth-order valence-corrected chi connectivity index (χ4v) is 0.483. The molecule has 0 heterocycles. The standard InChI is InChI=1S/C6H6N2.C3H7N/c7-5-3-1-2-4-6(5)8;1-3(2)4/h1-4,7-8H;1,4H2,2H3. The smallest absolute Gasteiger partial charge is 0.0789 e. The van der Waals surface area contributed by atoms with Crippen molar-refractivity contribution in [2.24, 2.45) is 5.73 Å². The van der Waals surface area contributed by atoms with Gasteiger partial charge in [0.2, 0.25) is 0 Å². The van der Waals surface area contributed by atoms with Crippen LogP contribution in [-0.2, 0) is 0 Å². The van der Waals surface area contributed by atoms with Gasteiger partial charge in [-0.2, -0.15) is 0 Å². The minimum atomic E-state index is 0.285. The van der Waals surface area contributed by atoms with Crippen molar-refractivity contribution in [2.45, 2.75) is 6.92 Å². The SMILES string of the molecule is C=C(C)N.N=C1C=CC=CC1=N. The molecule has 3 heteroatoms. The second-order valence-electron chi connectivity index (χ2n) is 2.39. The fraction of sp³-hybridized carbons (Fsp3) is 0.111. The molecule has 4 N–H and O–H groups in total. The van der Waals surface area contributed by atoms with Crippen molar-refractivity contribution in [1.29, 1.82) is 10.8 Å². The summed E-state index contributed by atoms with van der Waals surface area (Å²) in [5.74, 6) is 0. The molecule has 0 atom stereocenters. The summed E-state index contributed by atoms with van der Waals surface area (Å²) in [5.41, 5.74) is 6.15. The van der Waals surface area contributed by atoms with Crippen LogP contribution in [-0.4, -0.2) is 11.4 Å². The first-order chi connectivity index (χ1) is 5.54. The molecule has 1 rings (SSSR count). The molecule has 0 amide bonds.